The van der Waals surface area contributed by atoms with Crippen LogP contribution in [0.25, 0.3) is 0 Å². The van der Waals surface area contributed by atoms with Gasteiger partial charge in [-0.3, -0.25) is 0 Å². The van der Waals surface area contributed by atoms with E-state index in [1.165, 1.54) is 0 Å². The minimum Gasteiger partial charge on any atom is -0.344 e. The second-order valence-corrected chi connectivity index (χ2v) is 1.34. The fraction of sp³-hybridized carbons (Fsp3) is 1.00. The third-order valence-electron chi connectivity index (χ3n) is 0. The first kappa shape index (κ1) is 34.4. The first-order chi connectivity index (χ1) is 1.73. The van der Waals surface area contributed by atoms with Gasteiger partial charge in [0, 0.05) is 0 Å². The van der Waals surface area contributed by atoms with Crippen LogP contribution in [-0.2, 0) is 0 Å². The molecule has 0 amide bonds. The van der Waals surface area contributed by atoms with Crippen molar-refractivity contribution >= 4 is 50.9 Å². The maximum Gasteiger partial charge on any atom is -0.0140 e. The molecule has 0 heterocycles. The van der Waals surface area contributed by atoms with Crippen molar-refractivity contribution in [1.82, 2.24) is 11.1 Å². The molecule has 0 bridgehead atoms. The summed E-state index contributed by atoms with van der Waals surface area (Å²) >= 11 is 0. The third-order valence-corrected chi connectivity index (χ3v) is 0. The van der Waals surface area contributed by atoms with E-state index in [1.54, 1.807) is 0 Å². The molecule has 0 saturated carbocycles. The van der Waals surface area contributed by atoms with E-state index < -0.39 is 0 Å². The second-order valence-electron chi connectivity index (χ2n) is 1.34. The molecule has 0 atom stereocenters. The highest BCUT2D eigenvalue weighted by Gasteiger charge is 1.58. The molecule has 5 heteroatoms. The summed E-state index contributed by atoms with van der Waals surface area (Å²) in [5.41, 5.74) is 0. The largest absolute Gasteiger partial charge is 0.344 e. The normalized spacial score (nSPS) is 4.50. The Labute approximate surface area is 82.9 Å². The van der Waals surface area contributed by atoms with Gasteiger partial charge in [-0.05, 0) is 21.1 Å². The molecule has 0 aromatic rings. The van der Waals surface area contributed by atoms with E-state index in [0.717, 1.165) is 0 Å². The predicted molar refractivity (Wildman–Crippen MR) is 55.6 cm³/mol. The highest BCUT2D eigenvalue weighted by atomic mass is 79.9. The van der Waals surface area contributed by atoms with Gasteiger partial charge in [-0.15, -0.1) is 50.9 Å². The van der Waals surface area contributed by atoms with E-state index in [9.17, 15) is 0 Å². The highest BCUT2D eigenvalue weighted by Crippen LogP contribution is 1.47. The first-order valence-electron chi connectivity index (χ1n) is 1.34. The van der Waals surface area contributed by atoms with Crippen LogP contribution >= 0.6 is 50.9 Å². The van der Waals surface area contributed by atoms with E-state index >= 15 is 0 Å². The molecule has 0 unspecified atom stereocenters. The van der Waals surface area contributed by atoms with Crippen molar-refractivity contribution in [1.29, 1.82) is 0 Å². The smallest absolute Gasteiger partial charge is 0.0140 e. The van der Waals surface area contributed by atoms with Crippen LogP contribution in [0, 0.1) is 0 Å². The summed E-state index contributed by atoms with van der Waals surface area (Å²) in [6.45, 7) is 0. The SMILES string of the molecule is Br.Br.Br.CN(C)C.N. The summed E-state index contributed by atoms with van der Waals surface area (Å²) in [6, 6.07) is 0. The zero-order chi connectivity index (χ0) is 3.58. The second kappa shape index (κ2) is 23.8. The third kappa shape index (κ3) is 161. The van der Waals surface area contributed by atoms with Crippen molar-refractivity contribution in [2.75, 3.05) is 21.1 Å². The number of rotatable bonds is 0. The average Bonchev–Trinajstić information content (AvgIpc) is 0.811. The van der Waals surface area contributed by atoms with Crippen molar-refractivity contribution in [3.05, 3.63) is 0 Å². The molecule has 2 nitrogen and oxygen atoms in total. The molecule has 0 aliphatic carbocycles. The van der Waals surface area contributed by atoms with Crippen molar-refractivity contribution in [2.24, 2.45) is 0 Å². The minimum atomic E-state index is 0. The summed E-state index contributed by atoms with van der Waals surface area (Å²) < 4.78 is 0. The van der Waals surface area contributed by atoms with E-state index in [1.807, 2.05) is 26.0 Å². The van der Waals surface area contributed by atoms with Crippen LogP contribution in [0.2, 0.25) is 0 Å². The van der Waals surface area contributed by atoms with Crippen molar-refractivity contribution in [3.63, 3.8) is 0 Å². The molecule has 0 fully saturated rings. The van der Waals surface area contributed by atoms with Crippen molar-refractivity contribution in [3.8, 4) is 0 Å². The molecule has 0 aromatic heterocycles. The van der Waals surface area contributed by atoms with Crippen molar-refractivity contribution in [2.45, 2.75) is 0 Å². The summed E-state index contributed by atoms with van der Waals surface area (Å²) in [5, 5.41) is 0. The Bertz CT molecular complexity index is 17.2. The Kier molecular flexibility index (Phi) is 102. The van der Waals surface area contributed by atoms with Crippen LogP contribution in [0.5, 0.6) is 0 Å². The number of nitrogens with zero attached hydrogens (tertiary/aromatic N) is 1. The van der Waals surface area contributed by atoms with Crippen LogP contribution in [-0.4, -0.2) is 26.0 Å². The zero-order valence-electron chi connectivity index (χ0n) is 5.38. The van der Waals surface area contributed by atoms with Gasteiger partial charge >= 0.3 is 0 Å². The van der Waals surface area contributed by atoms with Crippen LogP contribution in [0.4, 0.5) is 0 Å². The Hall–Kier alpha value is 1.36. The fourth-order valence-electron chi connectivity index (χ4n) is 0. The molecule has 0 saturated heterocycles. The molecule has 0 radical (unpaired) electrons. The van der Waals surface area contributed by atoms with Crippen LogP contribution < -0.4 is 6.15 Å². The quantitative estimate of drug-likeness (QED) is 0.742. The van der Waals surface area contributed by atoms with Crippen molar-refractivity contribution < 1.29 is 0 Å². The van der Waals surface area contributed by atoms with Gasteiger partial charge in [-0.1, -0.05) is 0 Å². The van der Waals surface area contributed by atoms with E-state index in [-0.39, 0.29) is 57.1 Å². The summed E-state index contributed by atoms with van der Waals surface area (Å²) in [6.07, 6.45) is 0. The van der Waals surface area contributed by atoms with Gasteiger partial charge in [0.1, 0.15) is 0 Å². The maximum absolute atomic E-state index is 2.00. The monoisotopic (exact) mass is 316 g/mol. The fourth-order valence-corrected chi connectivity index (χ4v) is 0. The molecule has 0 aliphatic rings. The average molecular weight is 319 g/mol. The van der Waals surface area contributed by atoms with Gasteiger partial charge in [0.15, 0.2) is 0 Å². The van der Waals surface area contributed by atoms with Crippen LogP contribution in [0.15, 0.2) is 0 Å². The van der Waals surface area contributed by atoms with E-state index in [2.05, 4.69) is 0 Å². The summed E-state index contributed by atoms with van der Waals surface area (Å²) in [4.78, 5) is 2.00. The maximum atomic E-state index is 2.00. The topological polar surface area (TPSA) is 38.2 Å². The molecule has 58 valence electrons. The number of halogens is 3. The van der Waals surface area contributed by atoms with Gasteiger partial charge in [-0.25, -0.2) is 0 Å². The number of hydrogen-bond donors (Lipinski definition) is 1. The summed E-state index contributed by atoms with van der Waals surface area (Å²) in [5.74, 6) is 0. The van der Waals surface area contributed by atoms with Gasteiger partial charge in [0.2, 0.25) is 0 Å². The Balaban J connectivity index is -0.00000000750. The highest BCUT2D eigenvalue weighted by molar-refractivity contribution is 8.93. The van der Waals surface area contributed by atoms with Gasteiger partial charge < -0.3 is 11.1 Å². The molecule has 0 rings (SSSR count). The standard InChI is InChI=1S/C3H9N.3BrH.H3N/c1-4(2)3;;;;/h1-3H3;3*1H;1H3. The molecular formula is C3H15Br3N2. The lowest BCUT2D eigenvalue weighted by Crippen LogP contribution is -1.99. The van der Waals surface area contributed by atoms with E-state index in [0.29, 0.717) is 0 Å². The predicted octanol–water partition coefficient (Wildman–Crippen LogP) is 2.07. The van der Waals surface area contributed by atoms with Gasteiger partial charge in [-0.2, -0.15) is 0 Å². The lowest BCUT2D eigenvalue weighted by molar-refractivity contribution is 0.505. The Morgan fingerprint density at radius 3 is 0.750 bits per heavy atom. The molecular weight excluding hydrogens is 304 g/mol. The minimum absolute atomic E-state index is 0. The molecule has 0 aliphatic heterocycles. The number of hydrogen-bond acceptors (Lipinski definition) is 2. The van der Waals surface area contributed by atoms with Gasteiger partial charge in [0.25, 0.3) is 0 Å². The van der Waals surface area contributed by atoms with Crippen LogP contribution in [0.1, 0.15) is 0 Å². The Morgan fingerprint density at radius 1 is 0.750 bits per heavy atom. The molecule has 0 aromatic carbocycles. The lowest BCUT2D eigenvalue weighted by Gasteiger charge is -1.90. The Morgan fingerprint density at radius 2 is 0.750 bits per heavy atom. The summed E-state index contributed by atoms with van der Waals surface area (Å²) in [7, 11) is 6.00. The molecule has 3 N–H and O–H groups in total. The van der Waals surface area contributed by atoms with E-state index in [4.69, 9.17) is 0 Å². The molecule has 0 spiro atoms. The first-order valence-corrected chi connectivity index (χ1v) is 1.34. The molecule has 8 heavy (non-hydrogen) atoms. The lowest BCUT2D eigenvalue weighted by atomic mass is 11.0. The van der Waals surface area contributed by atoms with Gasteiger partial charge in [0.05, 0.1) is 0 Å². The zero-order valence-corrected chi connectivity index (χ0v) is 10.5. The van der Waals surface area contributed by atoms with Crippen LogP contribution in [0.3, 0.4) is 0 Å².